The second-order valence-electron chi connectivity index (χ2n) is 7.81. The quantitative estimate of drug-likeness (QED) is 0.338. The molecule has 0 aliphatic rings. The monoisotopic (exact) mass is 453 g/mol. The molecule has 33 heavy (non-hydrogen) atoms. The van der Waals surface area contributed by atoms with Crippen molar-refractivity contribution in [3.05, 3.63) is 95.3 Å². The number of aryl methyl sites for hydroxylation is 1. The predicted octanol–water partition coefficient (Wildman–Crippen LogP) is 5.55. The summed E-state index contributed by atoms with van der Waals surface area (Å²) in [5.41, 5.74) is 10.7. The number of hydrogen-bond acceptors (Lipinski definition) is 5. The molecule has 0 bridgehead atoms. The Morgan fingerprint density at radius 2 is 1.91 bits per heavy atom. The predicted molar refractivity (Wildman–Crippen MR) is 134 cm³/mol. The van der Waals surface area contributed by atoms with Crippen LogP contribution in [0.4, 0.5) is 10.8 Å². The molecule has 0 atom stereocenters. The maximum absolute atomic E-state index is 12.0. The molecule has 0 aliphatic heterocycles. The van der Waals surface area contributed by atoms with E-state index in [0.717, 1.165) is 45.4 Å². The number of fused-ring (bicyclic) bond motifs is 1. The van der Waals surface area contributed by atoms with Gasteiger partial charge in [-0.1, -0.05) is 42.5 Å². The number of benzene rings is 2. The number of primary amides is 1. The van der Waals surface area contributed by atoms with E-state index in [1.807, 2.05) is 60.8 Å². The van der Waals surface area contributed by atoms with Gasteiger partial charge in [-0.05, 0) is 36.6 Å². The lowest BCUT2D eigenvalue weighted by atomic mass is 10.1. The molecule has 0 fully saturated rings. The van der Waals surface area contributed by atoms with Gasteiger partial charge in [-0.25, -0.2) is 4.98 Å². The van der Waals surface area contributed by atoms with Gasteiger partial charge in [0, 0.05) is 47.0 Å². The lowest BCUT2D eigenvalue weighted by molar-refractivity contribution is 0.0999. The highest BCUT2D eigenvalue weighted by Crippen LogP contribution is 2.32. The molecule has 2 aromatic carbocycles. The highest BCUT2D eigenvalue weighted by Gasteiger charge is 2.19. The second-order valence-corrected chi connectivity index (χ2v) is 8.66. The van der Waals surface area contributed by atoms with E-state index in [4.69, 9.17) is 10.7 Å². The summed E-state index contributed by atoms with van der Waals surface area (Å²) in [5.74, 6) is -0.435. The molecule has 164 valence electrons. The largest absolute Gasteiger partial charge is 0.366 e. The fraction of sp³-hybridized carbons (Fsp3) is 0.115. The van der Waals surface area contributed by atoms with Gasteiger partial charge >= 0.3 is 0 Å². The summed E-state index contributed by atoms with van der Waals surface area (Å²) >= 11 is 1.53. The zero-order chi connectivity index (χ0) is 22.8. The van der Waals surface area contributed by atoms with Gasteiger partial charge in [-0.3, -0.25) is 9.78 Å². The number of carbonyl (C=O) groups is 1. The first-order valence-electron chi connectivity index (χ1n) is 10.7. The summed E-state index contributed by atoms with van der Waals surface area (Å²) in [4.78, 5) is 21.3. The van der Waals surface area contributed by atoms with Gasteiger partial charge < -0.3 is 15.6 Å². The van der Waals surface area contributed by atoms with Gasteiger partial charge in [0.1, 0.15) is 0 Å². The molecule has 0 aliphatic carbocycles. The third-order valence-electron chi connectivity index (χ3n) is 5.75. The molecular formula is C26H23N5OS. The number of thiazole rings is 1. The Morgan fingerprint density at radius 1 is 1.09 bits per heavy atom. The van der Waals surface area contributed by atoms with Crippen LogP contribution in [0.5, 0.6) is 0 Å². The van der Waals surface area contributed by atoms with Crippen LogP contribution < -0.4 is 11.1 Å². The maximum atomic E-state index is 12.0. The summed E-state index contributed by atoms with van der Waals surface area (Å²) < 4.78 is 2.10. The van der Waals surface area contributed by atoms with Crippen molar-refractivity contribution in [2.24, 2.45) is 5.73 Å². The molecule has 6 nitrogen and oxygen atoms in total. The third kappa shape index (κ3) is 4.23. The van der Waals surface area contributed by atoms with E-state index in [1.54, 1.807) is 6.20 Å². The number of rotatable bonds is 7. The highest BCUT2D eigenvalue weighted by molar-refractivity contribution is 7.14. The molecule has 5 rings (SSSR count). The number of pyridine rings is 1. The van der Waals surface area contributed by atoms with E-state index in [1.165, 1.54) is 16.7 Å². The van der Waals surface area contributed by atoms with Crippen LogP contribution >= 0.6 is 11.3 Å². The van der Waals surface area contributed by atoms with Crippen LogP contribution in [0.1, 0.15) is 21.7 Å². The number of nitrogens with one attached hydrogen (secondary N) is 1. The Labute approximate surface area is 195 Å². The summed E-state index contributed by atoms with van der Waals surface area (Å²) in [6, 6.07) is 22.2. The standard InChI is InChI=1S/C26H23N5OS/c1-17-21(25(27)32)15-24(31(17)14-12-19-9-4-5-13-28-19)23-16-33-26(30-23)29-22-11-6-8-18-7-2-3-10-20(18)22/h2-11,13,15-16H,12,14H2,1H3,(H2,27,32)(H,29,30). The van der Waals surface area contributed by atoms with E-state index in [2.05, 4.69) is 33.1 Å². The Bertz CT molecular complexity index is 1430. The summed E-state index contributed by atoms with van der Waals surface area (Å²) in [6.45, 7) is 2.60. The van der Waals surface area contributed by atoms with E-state index in [0.29, 0.717) is 12.1 Å². The van der Waals surface area contributed by atoms with E-state index < -0.39 is 5.91 Å². The minimum Gasteiger partial charge on any atom is -0.366 e. The van der Waals surface area contributed by atoms with Crippen LogP contribution in [-0.2, 0) is 13.0 Å². The van der Waals surface area contributed by atoms with Gasteiger partial charge in [0.15, 0.2) is 5.13 Å². The van der Waals surface area contributed by atoms with Crippen LogP contribution in [0.25, 0.3) is 22.2 Å². The fourth-order valence-corrected chi connectivity index (χ4v) is 4.78. The molecule has 0 saturated carbocycles. The van der Waals surface area contributed by atoms with Gasteiger partial charge in [0.05, 0.1) is 17.0 Å². The second kappa shape index (κ2) is 8.88. The minimum atomic E-state index is -0.435. The first-order valence-corrected chi connectivity index (χ1v) is 11.6. The normalized spacial score (nSPS) is 11.1. The molecule has 3 heterocycles. The number of amides is 1. The average molecular weight is 454 g/mol. The minimum absolute atomic E-state index is 0.435. The molecule has 0 radical (unpaired) electrons. The summed E-state index contributed by atoms with van der Waals surface area (Å²) in [7, 11) is 0. The van der Waals surface area contributed by atoms with Gasteiger partial charge in [-0.15, -0.1) is 11.3 Å². The molecule has 1 amide bonds. The third-order valence-corrected chi connectivity index (χ3v) is 6.51. The van der Waals surface area contributed by atoms with Crippen molar-refractivity contribution in [2.45, 2.75) is 19.9 Å². The van der Waals surface area contributed by atoms with E-state index in [9.17, 15) is 4.79 Å². The number of nitrogens with two attached hydrogens (primary N) is 1. The highest BCUT2D eigenvalue weighted by atomic mass is 32.1. The SMILES string of the molecule is Cc1c(C(N)=O)cc(-c2csc(Nc3cccc4ccccc34)n2)n1CCc1ccccn1. The fourth-order valence-electron chi connectivity index (χ4n) is 4.07. The number of nitrogens with zero attached hydrogens (tertiary/aromatic N) is 3. The molecule has 7 heteroatoms. The Kier molecular flexibility index (Phi) is 5.62. The number of aromatic nitrogens is 3. The molecule has 3 N–H and O–H groups in total. The van der Waals surface area contributed by atoms with Crippen molar-refractivity contribution in [3.63, 3.8) is 0 Å². The van der Waals surface area contributed by atoms with Crippen molar-refractivity contribution < 1.29 is 4.79 Å². The first-order chi connectivity index (χ1) is 16.1. The molecule has 0 spiro atoms. The topological polar surface area (TPSA) is 85.8 Å². The van der Waals surface area contributed by atoms with Crippen LogP contribution in [0, 0.1) is 6.92 Å². The average Bonchev–Trinajstić information content (AvgIpc) is 3.43. The zero-order valence-corrected chi connectivity index (χ0v) is 19.0. The summed E-state index contributed by atoms with van der Waals surface area (Å²) in [6.07, 6.45) is 2.53. The molecule has 0 saturated heterocycles. The van der Waals surface area contributed by atoms with Crippen molar-refractivity contribution in [3.8, 4) is 11.4 Å². The number of carbonyl (C=O) groups excluding carboxylic acids is 1. The van der Waals surface area contributed by atoms with E-state index in [-0.39, 0.29) is 0 Å². The van der Waals surface area contributed by atoms with Gasteiger partial charge in [-0.2, -0.15) is 0 Å². The van der Waals surface area contributed by atoms with Gasteiger partial charge in [0.25, 0.3) is 5.91 Å². The lowest BCUT2D eigenvalue weighted by Crippen LogP contribution is -2.13. The summed E-state index contributed by atoms with van der Waals surface area (Å²) in [5, 5.41) is 8.56. The molecule has 5 aromatic rings. The maximum Gasteiger partial charge on any atom is 0.250 e. The number of hydrogen-bond donors (Lipinski definition) is 2. The Hall–Kier alpha value is -3.97. The Morgan fingerprint density at radius 3 is 2.73 bits per heavy atom. The van der Waals surface area contributed by atoms with Crippen molar-refractivity contribution in [1.29, 1.82) is 0 Å². The van der Waals surface area contributed by atoms with Crippen LogP contribution in [-0.4, -0.2) is 20.4 Å². The molecule has 0 unspecified atom stereocenters. The van der Waals surface area contributed by atoms with Crippen LogP contribution in [0.3, 0.4) is 0 Å². The van der Waals surface area contributed by atoms with Gasteiger partial charge in [0.2, 0.25) is 0 Å². The van der Waals surface area contributed by atoms with Crippen molar-refractivity contribution in [2.75, 3.05) is 5.32 Å². The first kappa shape index (κ1) is 20.9. The van der Waals surface area contributed by atoms with E-state index >= 15 is 0 Å². The van der Waals surface area contributed by atoms with Crippen LogP contribution in [0.15, 0.2) is 78.3 Å². The van der Waals surface area contributed by atoms with Crippen molar-refractivity contribution in [1.82, 2.24) is 14.5 Å². The zero-order valence-electron chi connectivity index (χ0n) is 18.2. The Balaban J connectivity index is 1.47. The van der Waals surface area contributed by atoms with Crippen molar-refractivity contribution >= 4 is 38.8 Å². The smallest absolute Gasteiger partial charge is 0.250 e. The number of anilines is 2. The molecule has 3 aromatic heterocycles. The van der Waals surface area contributed by atoms with Crippen LogP contribution in [0.2, 0.25) is 0 Å². The molecular weight excluding hydrogens is 430 g/mol. The lowest BCUT2D eigenvalue weighted by Gasteiger charge is -2.11.